The molecule has 0 aliphatic heterocycles. The number of hydrogen-bond donors (Lipinski definition) is 2. The number of carbonyl (C=O) groups is 2. The van der Waals surface area contributed by atoms with Crippen molar-refractivity contribution in [3.63, 3.8) is 0 Å². The van der Waals surface area contributed by atoms with Crippen LogP contribution in [0.25, 0.3) is 0 Å². The summed E-state index contributed by atoms with van der Waals surface area (Å²) in [6.45, 7) is 5.88. The van der Waals surface area contributed by atoms with Crippen LogP contribution >= 0.6 is 11.8 Å². The van der Waals surface area contributed by atoms with E-state index in [2.05, 4.69) is 16.7 Å². The molecule has 144 valence electrons. The summed E-state index contributed by atoms with van der Waals surface area (Å²) in [6.07, 6.45) is 1.46. The first-order chi connectivity index (χ1) is 13.4. The Morgan fingerprint density at radius 3 is 2.21 bits per heavy atom. The largest absolute Gasteiger partial charge is 0.459 e. The van der Waals surface area contributed by atoms with Crippen LogP contribution in [-0.2, 0) is 4.79 Å². The molecule has 0 radical (unpaired) electrons. The summed E-state index contributed by atoms with van der Waals surface area (Å²) in [4.78, 5) is 25.4. The first-order valence-corrected chi connectivity index (χ1v) is 9.79. The van der Waals surface area contributed by atoms with E-state index in [0.29, 0.717) is 5.69 Å². The second kappa shape index (κ2) is 8.80. The highest BCUT2D eigenvalue weighted by atomic mass is 32.2. The van der Waals surface area contributed by atoms with Gasteiger partial charge in [0, 0.05) is 16.3 Å². The summed E-state index contributed by atoms with van der Waals surface area (Å²) in [6, 6.07) is 16.6. The zero-order valence-electron chi connectivity index (χ0n) is 16.0. The molecular formula is C22H22N2O3S. The normalized spacial score (nSPS) is 11.7. The number of furan rings is 1. The monoisotopic (exact) mass is 394 g/mol. The van der Waals surface area contributed by atoms with E-state index in [9.17, 15) is 9.59 Å². The zero-order valence-corrected chi connectivity index (χ0v) is 16.8. The van der Waals surface area contributed by atoms with Crippen molar-refractivity contribution in [3.8, 4) is 0 Å². The third-order valence-electron chi connectivity index (χ3n) is 4.03. The second-order valence-electron chi connectivity index (χ2n) is 6.58. The van der Waals surface area contributed by atoms with Gasteiger partial charge in [0.2, 0.25) is 5.91 Å². The summed E-state index contributed by atoms with van der Waals surface area (Å²) in [5.41, 5.74) is 3.70. The molecule has 3 aromatic rings. The van der Waals surface area contributed by atoms with Gasteiger partial charge in [-0.1, -0.05) is 6.07 Å². The predicted octanol–water partition coefficient (Wildman–Crippen LogP) is 5.27. The molecule has 1 unspecified atom stereocenters. The van der Waals surface area contributed by atoms with E-state index in [1.807, 2.05) is 45.0 Å². The molecule has 2 N–H and O–H groups in total. The minimum absolute atomic E-state index is 0.0507. The predicted molar refractivity (Wildman–Crippen MR) is 113 cm³/mol. The van der Waals surface area contributed by atoms with Crippen LogP contribution in [0.4, 0.5) is 11.4 Å². The quantitative estimate of drug-likeness (QED) is 0.559. The molecule has 0 spiro atoms. The highest BCUT2D eigenvalue weighted by Crippen LogP contribution is 2.26. The molecule has 0 saturated carbocycles. The van der Waals surface area contributed by atoms with Crippen molar-refractivity contribution in [2.24, 2.45) is 0 Å². The Labute approximate surface area is 168 Å². The van der Waals surface area contributed by atoms with Crippen molar-refractivity contribution in [1.29, 1.82) is 0 Å². The highest BCUT2D eigenvalue weighted by molar-refractivity contribution is 8.00. The Morgan fingerprint density at radius 1 is 0.929 bits per heavy atom. The standard InChI is InChI=1S/C22H22N2O3S/c1-14-11-15(2)13-18(12-14)24-21(25)16(3)28-19-8-6-17(7-9-19)23-22(26)20-5-4-10-27-20/h4-13,16H,1-3H3,(H,23,26)(H,24,25). The minimum Gasteiger partial charge on any atom is -0.459 e. The number of carbonyl (C=O) groups excluding carboxylic acids is 2. The van der Waals surface area contributed by atoms with Gasteiger partial charge in [0.15, 0.2) is 5.76 Å². The van der Waals surface area contributed by atoms with Crippen molar-refractivity contribution >= 4 is 35.0 Å². The fraction of sp³-hybridized carbons (Fsp3) is 0.182. The van der Waals surface area contributed by atoms with E-state index in [-0.39, 0.29) is 22.8 Å². The van der Waals surface area contributed by atoms with Gasteiger partial charge in [-0.3, -0.25) is 9.59 Å². The molecule has 0 bridgehead atoms. The SMILES string of the molecule is Cc1cc(C)cc(NC(=O)C(C)Sc2ccc(NC(=O)c3ccco3)cc2)c1. The summed E-state index contributed by atoms with van der Waals surface area (Å²) < 4.78 is 5.07. The van der Waals surface area contributed by atoms with Gasteiger partial charge in [-0.2, -0.15) is 0 Å². The second-order valence-corrected chi connectivity index (χ2v) is 8.00. The molecule has 28 heavy (non-hydrogen) atoms. The van der Waals surface area contributed by atoms with E-state index in [0.717, 1.165) is 21.7 Å². The Balaban J connectivity index is 1.57. The van der Waals surface area contributed by atoms with Crippen LogP contribution in [0.2, 0.25) is 0 Å². The Hall–Kier alpha value is -2.99. The van der Waals surface area contributed by atoms with Crippen LogP contribution in [0, 0.1) is 13.8 Å². The third kappa shape index (κ3) is 5.27. The van der Waals surface area contributed by atoms with Crippen LogP contribution in [0.1, 0.15) is 28.6 Å². The van der Waals surface area contributed by atoms with Gasteiger partial charge in [-0.05, 0) is 80.4 Å². The van der Waals surface area contributed by atoms with Gasteiger partial charge in [0.1, 0.15) is 0 Å². The number of thioether (sulfide) groups is 1. The molecule has 1 heterocycles. The average molecular weight is 394 g/mol. The molecule has 0 fully saturated rings. The van der Waals surface area contributed by atoms with E-state index < -0.39 is 0 Å². The molecule has 1 atom stereocenters. The van der Waals surface area contributed by atoms with Gasteiger partial charge in [-0.25, -0.2) is 0 Å². The maximum Gasteiger partial charge on any atom is 0.291 e. The van der Waals surface area contributed by atoms with Gasteiger partial charge in [-0.15, -0.1) is 11.8 Å². The van der Waals surface area contributed by atoms with Crippen LogP contribution in [0.15, 0.2) is 70.2 Å². The summed E-state index contributed by atoms with van der Waals surface area (Å²) in [5.74, 6) is -0.0908. The number of amides is 2. The fourth-order valence-corrected chi connectivity index (χ4v) is 3.63. The Morgan fingerprint density at radius 2 is 1.61 bits per heavy atom. The van der Waals surface area contributed by atoms with Crippen LogP contribution in [-0.4, -0.2) is 17.1 Å². The third-order valence-corrected chi connectivity index (χ3v) is 5.14. The lowest BCUT2D eigenvalue weighted by Gasteiger charge is -2.13. The Kier molecular flexibility index (Phi) is 6.21. The van der Waals surface area contributed by atoms with Crippen molar-refractivity contribution in [1.82, 2.24) is 0 Å². The van der Waals surface area contributed by atoms with Gasteiger partial charge in [0.05, 0.1) is 11.5 Å². The van der Waals surface area contributed by atoms with Crippen molar-refractivity contribution in [3.05, 3.63) is 77.7 Å². The lowest BCUT2D eigenvalue weighted by Crippen LogP contribution is -2.22. The molecule has 0 aliphatic carbocycles. The highest BCUT2D eigenvalue weighted by Gasteiger charge is 2.15. The average Bonchev–Trinajstić information content (AvgIpc) is 3.17. The van der Waals surface area contributed by atoms with Gasteiger partial charge in [0.25, 0.3) is 5.91 Å². The number of rotatable bonds is 6. The first kappa shape index (κ1) is 19.8. The fourth-order valence-electron chi connectivity index (χ4n) is 2.77. The van der Waals surface area contributed by atoms with Gasteiger partial charge < -0.3 is 15.1 Å². The van der Waals surface area contributed by atoms with Crippen LogP contribution in [0.3, 0.4) is 0 Å². The van der Waals surface area contributed by atoms with E-state index in [4.69, 9.17) is 4.42 Å². The number of aryl methyl sites for hydroxylation is 2. The first-order valence-electron chi connectivity index (χ1n) is 8.91. The molecule has 0 saturated heterocycles. The topological polar surface area (TPSA) is 71.3 Å². The molecule has 3 rings (SSSR count). The van der Waals surface area contributed by atoms with E-state index >= 15 is 0 Å². The maximum atomic E-state index is 12.5. The smallest absolute Gasteiger partial charge is 0.291 e. The number of hydrogen-bond acceptors (Lipinski definition) is 4. The molecule has 0 aliphatic rings. The number of anilines is 2. The molecule has 1 aromatic heterocycles. The lowest BCUT2D eigenvalue weighted by molar-refractivity contribution is -0.115. The Bertz CT molecular complexity index is 946. The van der Waals surface area contributed by atoms with Crippen molar-refractivity contribution in [2.45, 2.75) is 30.9 Å². The molecule has 6 heteroatoms. The molecule has 2 amide bonds. The van der Waals surface area contributed by atoms with Gasteiger partial charge >= 0.3 is 0 Å². The minimum atomic E-state index is -0.299. The summed E-state index contributed by atoms with van der Waals surface area (Å²) >= 11 is 1.46. The van der Waals surface area contributed by atoms with Crippen molar-refractivity contribution in [2.75, 3.05) is 10.6 Å². The zero-order chi connectivity index (χ0) is 20.1. The lowest BCUT2D eigenvalue weighted by atomic mass is 10.1. The van der Waals surface area contributed by atoms with Crippen molar-refractivity contribution < 1.29 is 14.0 Å². The molecule has 2 aromatic carbocycles. The molecule has 5 nitrogen and oxygen atoms in total. The summed E-state index contributed by atoms with van der Waals surface area (Å²) in [5, 5.41) is 5.48. The molecular weight excluding hydrogens is 372 g/mol. The van der Waals surface area contributed by atoms with Crippen LogP contribution in [0.5, 0.6) is 0 Å². The summed E-state index contributed by atoms with van der Waals surface area (Å²) in [7, 11) is 0. The number of nitrogens with one attached hydrogen (secondary N) is 2. The van der Waals surface area contributed by atoms with E-state index in [1.165, 1.54) is 18.0 Å². The van der Waals surface area contributed by atoms with Crippen LogP contribution < -0.4 is 10.6 Å². The maximum absolute atomic E-state index is 12.5. The number of benzene rings is 2. The van der Waals surface area contributed by atoms with E-state index in [1.54, 1.807) is 24.3 Å².